The van der Waals surface area contributed by atoms with E-state index < -0.39 is 5.92 Å². The zero-order chi connectivity index (χ0) is 7.52. The molecule has 0 spiro atoms. The predicted octanol–water partition coefficient (Wildman–Crippen LogP) is 2.61. The van der Waals surface area contributed by atoms with Crippen LogP contribution in [0.1, 0.15) is 20.3 Å². The quantitative estimate of drug-likeness (QED) is 0.458. The van der Waals surface area contributed by atoms with Crippen LogP contribution in [-0.4, -0.2) is 5.92 Å². The van der Waals surface area contributed by atoms with Crippen molar-refractivity contribution in [2.24, 2.45) is 11.8 Å². The normalized spacial score (nSPS) is 42.0. The van der Waals surface area contributed by atoms with Gasteiger partial charge in [0.05, 0.1) is 0 Å². The SMILES string of the molecule is CC1=C(C)C(F)(F)[C@@H]2CC12. The Morgan fingerprint density at radius 1 is 1.40 bits per heavy atom. The second kappa shape index (κ2) is 1.44. The summed E-state index contributed by atoms with van der Waals surface area (Å²) in [5.41, 5.74) is 1.27. The lowest BCUT2D eigenvalue weighted by Crippen LogP contribution is -2.17. The molecule has 1 fully saturated rings. The molecular formula is C8H10F2. The molecule has 0 aromatic heterocycles. The first kappa shape index (κ1) is 6.32. The fourth-order valence-electron chi connectivity index (χ4n) is 1.89. The first-order chi connectivity index (χ1) is 4.55. The molecule has 0 bridgehead atoms. The zero-order valence-corrected chi connectivity index (χ0v) is 6.12. The van der Waals surface area contributed by atoms with E-state index in [4.69, 9.17) is 0 Å². The van der Waals surface area contributed by atoms with Gasteiger partial charge in [0.15, 0.2) is 0 Å². The molecule has 0 heterocycles. The van der Waals surface area contributed by atoms with Crippen molar-refractivity contribution in [3.8, 4) is 0 Å². The lowest BCUT2D eigenvalue weighted by Gasteiger charge is -2.12. The summed E-state index contributed by atoms with van der Waals surface area (Å²) in [6.45, 7) is 3.39. The number of rotatable bonds is 0. The van der Waals surface area contributed by atoms with Crippen molar-refractivity contribution < 1.29 is 8.78 Å². The summed E-state index contributed by atoms with van der Waals surface area (Å²) in [4.78, 5) is 0. The highest BCUT2D eigenvalue weighted by atomic mass is 19.3. The third kappa shape index (κ3) is 0.505. The summed E-state index contributed by atoms with van der Waals surface area (Å²) in [5.74, 6) is -2.56. The van der Waals surface area contributed by atoms with Crippen molar-refractivity contribution in [3.05, 3.63) is 11.1 Å². The van der Waals surface area contributed by atoms with Crippen LogP contribution in [0.25, 0.3) is 0 Å². The fourth-order valence-corrected chi connectivity index (χ4v) is 1.89. The Morgan fingerprint density at radius 2 is 2.00 bits per heavy atom. The smallest absolute Gasteiger partial charge is 0.201 e. The zero-order valence-electron chi connectivity index (χ0n) is 6.12. The molecule has 2 atom stereocenters. The number of fused-ring (bicyclic) bond motifs is 1. The molecular weight excluding hydrogens is 134 g/mol. The Hall–Kier alpha value is -0.400. The van der Waals surface area contributed by atoms with E-state index in [1.165, 1.54) is 0 Å². The Balaban J connectivity index is 2.42. The van der Waals surface area contributed by atoms with E-state index in [0.29, 0.717) is 5.57 Å². The summed E-state index contributed by atoms with van der Waals surface area (Å²) in [5, 5.41) is 0. The summed E-state index contributed by atoms with van der Waals surface area (Å²) in [7, 11) is 0. The van der Waals surface area contributed by atoms with E-state index in [2.05, 4.69) is 0 Å². The standard InChI is InChI=1S/C8H10F2/c1-4-5(2)8(9,10)7-3-6(4)7/h6-7H,3H2,1-2H3/t6?,7-/m1/s1. The van der Waals surface area contributed by atoms with E-state index in [1.807, 2.05) is 6.92 Å². The molecule has 2 aliphatic rings. The van der Waals surface area contributed by atoms with Crippen LogP contribution in [0, 0.1) is 11.8 Å². The van der Waals surface area contributed by atoms with Crippen LogP contribution in [0.2, 0.25) is 0 Å². The van der Waals surface area contributed by atoms with Crippen LogP contribution in [0.15, 0.2) is 11.1 Å². The van der Waals surface area contributed by atoms with Gasteiger partial charge < -0.3 is 0 Å². The van der Waals surface area contributed by atoms with Crippen LogP contribution in [-0.2, 0) is 0 Å². The molecule has 1 saturated carbocycles. The second-order valence-corrected chi connectivity index (χ2v) is 3.38. The average Bonchev–Trinajstić information content (AvgIpc) is 2.58. The van der Waals surface area contributed by atoms with Crippen LogP contribution >= 0.6 is 0 Å². The van der Waals surface area contributed by atoms with E-state index >= 15 is 0 Å². The first-order valence-corrected chi connectivity index (χ1v) is 3.61. The molecule has 1 unspecified atom stereocenters. The minimum Gasteiger partial charge on any atom is -0.201 e. The van der Waals surface area contributed by atoms with Gasteiger partial charge in [0.25, 0.3) is 5.92 Å². The van der Waals surface area contributed by atoms with Gasteiger partial charge in [-0.25, -0.2) is 8.78 Å². The molecule has 0 aromatic rings. The summed E-state index contributed by atoms with van der Waals surface area (Å²) in [6, 6.07) is 0. The molecule has 2 heteroatoms. The second-order valence-electron chi connectivity index (χ2n) is 3.38. The topological polar surface area (TPSA) is 0 Å². The Morgan fingerprint density at radius 3 is 2.20 bits per heavy atom. The lowest BCUT2D eigenvalue weighted by atomic mass is 10.1. The van der Waals surface area contributed by atoms with Gasteiger partial charge in [-0.2, -0.15) is 0 Å². The summed E-state index contributed by atoms with van der Waals surface area (Å²) >= 11 is 0. The molecule has 0 radical (unpaired) electrons. The van der Waals surface area contributed by atoms with Gasteiger partial charge >= 0.3 is 0 Å². The number of halogens is 2. The maximum atomic E-state index is 13.0. The molecule has 0 aromatic carbocycles. The van der Waals surface area contributed by atoms with Crippen molar-refractivity contribution in [1.29, 1.82) is 0 Å². The van der Waals surface area contributed by atoms with Crippen molar-refractivity contribution in [1.82, 2.24) is 0 Å². The lowest BCUT2D eigenvalue weighted by molar-refractivity contribution is 0.0219. The summed E-state index contributed by atoms with van der Waals surface area (Å²) < 4.78 is 25.9. The molecule has 2 rings (SSSR count). The highest BCUT2D eigenvalue weighted by molar-refractivity contribution is 5.36. The van der Waals surface area contributed by atoms with Gasteiger partial charge in [-0.3, -0.25) is 0 Å². The van der Waals surface area contributed by atoms with E-state index in [0.717, 1.165) is 12.0 Å². The average molecular weight is 144 g/mol. The Labute approximate surface area is 58.9 Å². The third-order valence-electron chi connectivity index (χ3n) is 2.90. The third-order valence-corrected chi connectivity index (χ3v) is 2.90. The number of allylic oxidation sites excluding steroid dienone is 2. The number of hydrogen-bond donors (Lipinski definition) is 0. The van der Waals surface area contributed by atoms with Gasteiger partial charge in [0.2, 0.25) is 0 Å². The number of alkyl halides is 2. The molecule has 0 aliphatic heterocycles. The maximum Gasteiger partial charge on any atom is 0.272 e. The van der Waals surface area contributed by atoms with Crippen molar-refractivity contribution >= 4 is 0 Å². The molecule has 0 saturated heterocycles. The monoisotopic (exact) mass is 144 g/mol. The van der Waals surface area contributed by atoms with Gasteiger partial charge in [-0.15, -0.1) is 0 Å². The van der Waals surface area contributed by atoms with Crippen LogP contribution < -0.4 is 0 Å². The predicted molar refractivity (Wildman–Crippen MR) is 34.9 cm³/mol. The number of hydrogen-bond acceptors (Lipinski definition) is 0. The maximum absolute atomic E-state index is 13.0. The molecule has 0 nitrogen and oxygen atoms in total. The van der Waals surface area contributed by atoms with Crippen LogP contribution in [0.4, 0.5) is 8.78 Å². The van der Waals surface area contributed by atoms with Crippen LogP contribution in [0.5, 0.6) is 0 Å². The van der Waals surface area contributed by atoms with Crippen LogP contribution in [0.3, 0.4) is 0 Å². The minimum absolute atomic E-state index is 0.231. The van der Waals surface area contributed by atoms with E-state index in [9.17, 15) is 8.78 Å². The van der Waals surface area contributed by atoms with Crippen molar-refractivity contribution in [2.45, 2.75) is 26.2 Å². The largest absolute Gasteiger partial charge is 0.272 e. The van der Waals surface area contributed by atoms with Gasteiger partial charge in [-0.1, -0.05) is 5.57 Å². The summed E-state index contributed by atoms with van der Waals surface area (Å²) in [6.07, 6.45) is 0.718. The first-order valence-electron chi connectivity index (χ1n) is 3.61. The van der Waals surface area contributed by atoms with E-state index in [1.54, 1.807) is 6.92 Å². The molecule has 2 aliphatic carbocycles. The van der Waals surface area contributed by atoms with Crippen molar-refractivity contribution in [3.63, 3.8) is 0 Å². The highest BCUT2D eigenvalue weighted by Gasteiger charge is 2.61. The molecule has 0 amide bonds. The molecule has 56 valence electrons. The van der Waals surface area contributed by atoms with Gasteiger partial charge in [0.1, 0.15) is 0 Å². The van der Waals surface area contributed by atoms with E-state index in [-0.39, 0.29) is 11.8 Å². The fraction of sp³-hybridized carbons (Fsp3) is 0.750. The molecule has 0 N–H and O–H groups in total. The van der Waals surface area contributed by atoms with Gasteiger partial charge in [0, 0.05) is 5.92 Å². The van der Waals surface area contributed by atoms with Gasteiger partial charge in [-0.05, 0) is 31.8 Å². The van der Waals surface area contributed by atoms with Crippen molar-refractivity contribution in [2.75, 3.05) is 0 Å². The highest BCUT2D eigenvalue weighted by Crippen LogP contribution is 2.62. The Bertz CT molecular complexity index is 215. The minimum atomic E-state index is -2.46. The molecule has 10 heavy (non-hydrogen) atoms. The Kier molecular flexibility index (Phi) is 0.907.